The lowest BCUT2D eigenvalue weighted by molar-refractivity contribution is -0.145. The van der Waals surface area contributed by atoms with E-state index in [0.717, 1.165) is 11.8 Å². The Kier molecular flexibility index (Phi) is 3.51. The van der Waals surface area contributed by atoms with Crippen molar-refractivity contribution in [1.29, 1.82) is 0 Å². The van der Waals surface area contributed by atoms with Gasteiger partial charge in [0.05, 0.1) is 7.11 Å². The highest BCUT2D eigenvalue weighted by atomic mass is 16.5. The number of carbonyl (C=O) groups excluding carboxylic acids is 2. The minimum atomic E-state index is -0.480. The molecule has 3 rings (SSSR count). The molecule has 0 aliphatic heterocycles. The van der Waals surface area contributed by atoms with Gasteiger partial charge in [-0.3, -0.25) is 4.79 Å². The molecule has 0 saturated heterocycles. The van der Waals surface area contributed by atoms with Gasteiger partial charge in [0.1, 0.15) is 6.04 Å². The third kappa shape index (κ3) is 2.23. The van der Waals surface area contributed by atoms with Crippen LogP contribution in [0.5, 0.6) is 0 Å². The van der Waals surface area contributed by atoms with Gasteiger partial charge in [-0.2, -0.15) is 0 Å². The lowest BCUT2D eigenvalue weighted by atomic mass is 10.0. The highest BCUT2D eigenvalue weighted by Gasteiger charge is 2.67. The van der Waals surface area contributed by atoms with Gasteiger partial charge in [0.2, 0.25) is 5.91 Å². The van der Waals surface area contributed by atoms with Crippen molar-refractivity contribution in [2.45, 2.75) is 45.6 Å². The number of fused-ring (bicyclic) bond motifs is 5. The van der Waals surface area contributed by atoms with Crippen LogP contribution in [0, 0.1) is 35.5 Å². The van der Waals surface area contributed by atoms with Crippen molar-refractivity contribution in [3.05, 3.63) is 0 Å². The summed E-state index contributed by atoms with van der Waals surface area (Å²) < 4.78 is 4.81. The maximum absolute atomic E-state index is 12.4. The first-order valence-electron chi connectivity index (χ1n) is 7.91. The van der Waals surface area contributed by atoms with Crippen LogP contribution >= 0.6 is 0 Å². The van der Waals surface area contributed by atoms with Crippen molar-refractivity contribution in [2.75, 3.05) is 7.11 Å². The van der Waals surface area contributed by atoms with Gasteiger partial charge < -0.3 is 10.1 Å². The standard InChI is InChI=1S/C16H25NO3/c1-8(2)6-11(16(19)20-3)17-15(18)14-12-9-4-5-10(7-9)13(12)14/h8-14H,4-7H2,1-3H3,(H,17,18). The van der Waals surface area contributed by atoms with Crippen LogP contribution in [-0.2, 0) is 14.3 Å². The summed E-state index contributed by atoms with van der Waals surface area (Å²) in [5.74, 6) is 3.10. The Morgan fingerprint density at radius 3 is 2.30 bits per heavy atom. The molecule has 2 bridgehead atoms. The van der Waals surface area contributed by atoms with E-state index in [4.69, 9.17) is 4.74 Å². The summed E-state index contributed by atoms with van der Waals surface area (Å²) in [5, 5.41) is 2.94. The van der Waals surface area contributed by atoms with E-state index < -0.39 is 6.04 Å². The lowest BCUT2D eigenvalue weighted by Gasteiger charge is -2.19. The van der Waals surface area contributed by atoms with E-state index in [1.54, 1.807) is 0 Å². The van der Waals surface area contributed by atoms with Crippen molar-refractivity contribution in [3.63, 3.8) is 0 Å². The van der Waals surface area contributed by atoms with Gasteiger partial charge in [-0.1, -0.05) is 13.8 Å². The summed E-state index contributed by atoms with van der Waals surface area (Å²) in [6.45, 7) is 4.10. The molecule has 3 saturated carbocycles. The predicted octanol–water partition coefficient (Wildman–Crippen LogP) is 1.98. The number of hydrogen-bond donors (Lipinski definition) is 1. The zero-order valence-electron chi connectivity index (χ0n) is 12.6. The van der Waals surface area contributed by atoms with E-state index in [2.05, 4.69) is 5.32 Å². The summed E-state index contributed by atoms with van der Waals surface area (Å²) in [6.07, 6.45) is 4.60. The first-order chi connectivity index (χ1) is 9.52. The summed E-state index contributed by atoms with van der Waals surface area (Å²) in [6, 6.07) is -0.480. The lowest BCUT2D eigenvalue weighted by Crippen LogP contribution is -2.43. The molecule has 3 aliphatic rings. The fourth-order valence-electron chi connectivity index (χ4n) is 4.77. The fraction of sp³-hybridized carbons (Fsp3) is 0.875. The average molecular weight is 279 g/mol. The maximum atomic E-state index is 12.4. The highest BCUT2D eigenvalue weighted by Crippen LogP contribution is 2.69. The van der Waals surface area contributed by atoms with Gasteiger partial charge in [-0.05, 0) is 55.3 Å². The number of amides is 1. The van der Waals surface area contributed by atoms with Gasteiger partial charge >= 0.3 is 5.97 Å². The number of methoxy groups -OCH3 is 1. The van der Waals surface area contributed by atoms with Gasteiger partial charge in [0, 0.05) is 5.92 Å². The molecule has 0 aromatic carbocycles. The Morgan fingerprint density at radius 1 is 1.20 bits per heavy atom. The summed E-state index contributed by atoms with van der Waals surface area (Å²) in [4.78, 5) is 24.2. The van der Waals surface area contributed by atoms with Crippen LogP contribution in [0.3, 0.4) is 0 Å². The van der Waals surface area contributed by atoms with E-state index in [9.17, 15) is 9.59 Å². The first-order valence-corrected chi connectivity index (χ1v) is 7.91. The Labute approximate surface area is 120 Å². The fourth-order valence-corrected chi connectivity index (χ4v) is 4.77. The summed E-state index contributed by atoms with van der Waals surface area (Å²) >= 11 is 0. The Balaban J connectivity index is 1.59. The molecule has 0 aromatic rings. The van der Waals surface area contributed by atoms with Crippen molar-refractivity contribution in [2.24, 2.45) is 35.5 Å². The smallest absolute Gasteiger partial charge is 0.328 e. The zero-order valence-corrected chi connectivity index (χ0v) is 12.6. The van der Waals surface area contributed by atoms with Crippen LogP contribution in [-0.4, -0.2) is 25.0 Å². The second-order valence-corrected chi connectivity index (χ2v) is 7.23. The number of nitrogens with one attached hydrogen (secondary N) is 1. The molecule has 3 fully saturated rings. The minimum absolute atomic E-state index is 0.0904. The van der Waals surface area contributed by atoms with Crippen molar-refractivity contribution in [3.8, 4) is 0 Å². The van der Waals surface area contributed by atoms with Gasteiger partial charge in [-0.25, -0.2) is 4.79 Å². The number of esters is 1. The monoisotopic (exact) mass is 279 g/mol. The van der Waals surface area contributed by atoms with Crippen molar-refractivity contribution >= 4 is 11.9 Å². The highest BCUT2D eigenvalue weighted by molar-refractivity contribution is 5.88. The van der Waals surface area contributed by atoms with E-state index in [-0.39, 0.29) is 17.8 Å². The molecular weight excluding hydrogens is 254 g/mol. The van der Waals surface area contributed by atoms with Crippen molar-refractivity contribution in [1.82, 2.24) is 5.32 Å². The molecule has 4 heteroatoms. The maximum Gasteiger partial charge on any atom is 0.328 e. The number of rotatable bonds is 5. The molecule has 5 unspecified atom stereocenters. The van der Waals surface area contributed by atoms with Crippen LogP contribution in [0.1, 0.15) is 39.5 Å². The number of ether oxygens (including phenoxy) is 1. The second kappa shape index (κ2) is 5.05. The van der Waals surface area contributed by atoms with E-state index in [1.165, 1.54) is 26.4 Å². The van der Waals surface area contributed by atoms with E-state index in [0.29, 0.717) is 24.2 Å². The second-order valence-electron chi connectivity index (χ2n) is 7.23. The van der Waals surface area contributed by atoms with Gasteiger partial charge in [0.25, 0.3) is 0 Å². The molecule has 20 heavy (non-hydrogen) atoms. The summed E-state index contributed by atoms with van der Waals surface area (Å²) in [5.41, 5.74) is 0. The molecule has 0 radical (unpaired) electrons. The first kappa shape index (κ1) is 13.9. The normalized spacial score (nSPS) is 38.5. The van der Waals surface area contributed by atoms with Crippen LogP contribution in [0.25, 0.3) is 0 Å². The number of hydrogen-bond acceptors (Lipinski definition) is 3. The van der Waals surface area contributed by atoms with Gasteiger partial charge in [0.15, 0.2) is 0 Å². The molecule has 1 amide bonds. The topological polar surface area (TPSA) is 55.4 Å². The molecule has 0 aromatic heterocycles. The molecule has 0 spiro atoms. The average Bonchev–Trinajstić information content (AvgIpc) is 2.85. The molecule has 5 atom stereocenters. The zero-order chi connectivity index (χ0) is 14.4. The third-order valence-electron chi connectivity index (χ3n) is 5.55. The van der Waals surface area contributed by atoms with Crippen LogP contribution in [0.2, 0.25) is 0 Å². The minimum Gasteiger partial charge on any atom is -0.467 e. The Morgan fingerprint density at radius 2 is 1.80 bits per heavy atom. The third-order valence-corrected chi connectivity index (χ3v) is 5.55. The van der Waals surface area contributed by atoms with Crippen LogP contribution < -0.4 is 5.32 Å². The molecule has 3 aliphatic carbocycles. The summed E-state index contributed by atoms with van der Waals surface area (Å²) in [7, 11) is 1.38. The Bertz CT molecular complexity index is 404. The SMILES string of the molecule is COC(=O)C(CC(C)C)NC(=O)C1C2C3CCC(C3)C12. The van der Waals surface area contributed by atoms with Gasteiger partial charge in [-0.15, -0.1) is 0 Å². The predicted molar refractivity (Wildman–Crippen MR) is 74.7 cm³/mol. The van der Waals surface area contributed by atoms with E-state index >= 15 is 0 Å². The molecule has 0 heterocycles. The molecular formula is C16H25NO3. The molecule has 1 N–H and O–H groups in total. The quantitative estimate of drug-likeness (QED) is 0.783. The molecule has 4 nitrogen and oxygen atoms in total. The Hall–Kier alpha value is -1.06. The molecule has 112 valence electrons. The van der Waals surface area contributed by atoms with Crippen LogP contribution in [0.15, 0.2) is 0 Å². The largest absolute Gasteiger partial charge is 0.467 e. The van der Waals surface area contributed by atoms with E-state index in [1.807, 2.05) is 13.8 Å². The van der Waals surface area contributed by atoms with Crippen LogP contribution in [0.4, 0.5) is 0 Å². The number of carbonyl (C=O) groups is 2. The van der Waals surface area contributed by atoms with Crippen molar-refractivity contribution < 1.29 is 14.3 Å².